The lowest BCUT2D eigenvalue weighted by atomic mass is 9.85. The molecular weight excluding hydrogens is 188 g/mol. The van der Waals surface area contributed by atoms with Crippen molar-refractivity contribution in [1.29, 1.82) is 0 Å². The largest absolute Gasteiger partial charge is 0.395 e. The Hall–Kier alpha value is -0.630. The number of hydrogen-bond acceptors (Lipinski definition) is 2. The zero-order valence-corrected chi connectivity index (χ0v) is 9.67. The minimum absolute atomic E-state index is 0.0322. The summed E-state index contributed by atoms with van der Waals surface area (Å²) in [5.41, 5.74) is 1.03. The molecule has 1 N–H and O–H groups in total. The number of hydrogen-bond donors (Lipinski definition) is 1. The summed E-state index contributed by atoms with van der Waals surface area (Å²) in [5.74, 6) is 0. The van der Waals surface area contributed by atoms with Crippen molar-refractivity contribution in [3.05, 3.63) is 11.6 Å². The zero-order chi connectivity index (χ0) is 11.1. The second-order valence-corrected chi connectivity index (χ2v) is 4.89. The van der Waals surface area contributed by atoms with Crippen LogP contribution in [0.4, 0.5) is 0 Å². The third-order valence-corrected chi connectivity index (χ3v) is 3.28. The van der Waals surface area contributed by atoms with Crippen LogP contribution in [-0.4, -0.2) is 18.0 Å². The molecule has 0 heterocycles. The van der Waals surface area contributed by atoms with Crippen molar-refractivity contribution in [2.75, 3.05) is 6.61 Å². The van der Waals surface area contributed by atoms with Crippen LogP contribution in [0.3, 0.4) is 0 Å². The molecule has 2 heteroatoms. The summed E-state index contributed by atoms with van der Waals surface area (Å²) in [7, 11) is 0. The smallest absolute Gasteiger partial charge is 0.128 e. The van der Waals surface area contributed by atoms with Gasteiger partial charge in [-0.15, -0.1) is 0 Å². The second kappa shape index (κ2) is 6.06. The van der Waals surface area contributed by atoms with Gasteiger partial charge in [-0.1, -0.05) is 18.6 Å². The molecule has 0 aromatic rings. The Labute approximate surface area is 92.4 Å². The van der Waals surface area contributed by atoms with E-state index in [1.165, 1.54) is 25.7 Å². The molecule has 15 heavy (non-hydrogen) atoms. The van der Waals surface area contributed by atoms with Gasteiger partial charge >= 0.3 is 0 Å². The van der Waals surface area contributed by atoms with Gasteiger partial charge in [-0.3, -0.25) is 0 Å². The fraction of sp³-hybridized carbons (Fsp3) is 0.769. The maximum atomic E-state index is 10.8. The molecule has 1 atom stereocenters. The molecule has 1 aliphatic carbocycles. The van der Waals surface area contributed by atoms with Crippen LogP contribution in [-0.2, 0) is 4.79 Å². The number of carbonyl (C=O) groups is 1. The zero-order valence-electron chi connectivity index (χ0n) is 9.67. The molecule has 0 bridgehead atoms. The summed E-state index contributed by atoms with van der Waals surface area (Å²) in [6, 6.07) is 0. The third-order valence-electron chi connectivity index (χ3n) is 3.28. The summed E-state index contributed by atoms with van der Waals surface area (Å²) in [6.45, 7) is 1.80. The molecule has 0 saturated carbocycles. The molecule has 1 aliphatic rings. The van der Waals surface area contributed by atoms with Crippen molar-refractivity contribution in [3.8, 4) is 0 Å². The van der Waals surface area contributed by atoms with Gasteiger partial charge in [0.1, 0.15) is 6.29 Å². The van der Waals surface area contributed by atoms with Crippen molar-refractivity contribution >= 4 is 6.29 Å². The van der Waals surface area contributed by atoms with E-state index in [9.17, 15) is 4.79 Å². The van der Waals surface area contributed by atoms with Gasteiger partial charge in [0, 0.05) is 5.41 Å². The lowest BCUT2D eigenvalue weighted by molar-refractivity contribution is -0.117. The van der Waals surface area contributed by atoms with E-state index in [1.807, 2.05) is 6.92 Å². The van der Waals surface area contributed by atoms with E-state index in [2.05, 4.69) is 6.08 Å². The van der Waals surface area contributed by atoms with Crippen LogP contribution in [0.25, 0.3) is 0 Å². The van der Waals surface area contributed by atoms with Crippen molar-refractivity contribution in [2.45, 2.75) is 51.9 Å². The maximum absolute atomic E-state index is 10.8. The summed E-state index contributed by atoms with van der Waals surface area (Å²) in [6.07, 6.45) is 11.2. The first kappa shape index (κ1) is 12.4. The number of rotatable bonds is 6. The fourth-order valence-electron chi connectivity index (χ4n) is 2.03. The minimum Gasteiger partial charge on any atom is -0.395 e. The van der Waals surface area contributed by atoms with E-state index in [0.717, 1.165) is 25.5 Å². The molecule has 0 radical (unpaired) electrons. The Morgan fingerprint density at radius 2 is 2.33 bits per heavy atom. The number of allylic oxidation sites excluding steroid dienone is 2. The third kappa shape index (κ3) is 4.17. The molecule has 0 aliphatic heterocycles. The van der Waals surface area contributed by atoms with Gasteiger partial charge in [-0.25, -0.2) is 0 Å². The topological polar surface area (TPSA) is 37.3 Å². The van der Waals surface area contributed by atoms with Crippen LogP contribution in [0.5, 0.6) is 0 Å². The Balaban J connectivity index is 2.25. The Morgan fingerprint density at radius 1 is 1.53 bits per heavy atom. The van der Waals surface area contributed by atoms with E-state index in [1.54, 1.807) is 5.57 Å². The van der Waals surface area contributed by atoms with Gasteiger partial charge in [0.05, 0.1) is 6.61 Å². The van der Waals surface area contributed by atoms with Gasteiger partial charge in [-0.05, 0) is 44.9 Å². The Kier molecular flexibility index (Phi) is 5.03. The van der Waals surface area contributed by atoms with Crippen molar-refractivity contribution < 1.29 is 9.90 Å². The molecule has 0 spiro atoms. The van der Waals surface area contributed by atoms with Crippen LogP contribution in [0.15, 0.2) is 11.6 Å². The van der Waals surface area contributed by atoms with Crippen LogP contribution in [0.1, 0.15) is 51.9 Å². The van der Waals surface area contributed by atoms with E-state index in [-0.39, 0.29) is 6.61 Å². The number of carbonyl (C=O) groups excluding carboxylic acids is 1. The lowest BCUT2D eigenvalue weighted by Gasteiger charge is -2.20. The second-order valence-electron chi connectivity index (χ2n) is 4.89. The first-order chi connectivity index (χ1) is 7.20. The van der Waals surface area contributed by atoms with Gasteiger partial charge in [0.25, 0.3) is 0 Å². The Morgan fingerprint density at radius 3 is 2.87 bits per heavy atom. The molecule has 0 amide bonds. The van der Waals surface area contributed by atoms with Crippen molar-refractivity contribution in [1.82, 2.24) is 0 Å². The molecule has 0 saturated heterocycles. The first-order valence-corrected chi connectivity index (χ1v) is 5.95. The normalized spacial score (nSPS) is 20.5. The predicted octanol–water partition coefficient (Wildman–Crippen LogP) is 2.85. The van der Waals surface area contributed by atoms with Crippen LogP contribution >= 0.6 is 0 Å². The van der Waals surface area contributed by atoms with E-state index >= 15 is 0 Å². The highest BCUT2D eigenvalue weighted by molar-refractivity contribution is 5.58. The predicted molar refractivity (Wildman–Crippen MR) is 61.7 cm³/mol. The summed E-state index contributed by atoms with van der Waals surface area (Å²) in [4.78, 5) is 10.8. The van der Waals surface area contributed by atoms with Gasteiger partial charge < -0.3 is 9.90 Å². The first-order valence-electron chi connectivity index (χ1n) is 5.95. The number of aliphatic hydroxyl groups is 1. The molecule has 2 nitrogen and oxygen atoms in total. The minimum atomic E-state index is -0.519. The van der Waals surface area contributed by atoms with Crippen LogP contribution in [0, 0.1) is 5.41 Å². The molecular formula is C13H22O2. The molecule has 0 aromatic carbocycles. The molecule has 1 unspecified atom stereocenters. The molecule has 0 aromatic heterocycles. The monoisotopic (exact) mass is 210 g/mol. The summed E-state index contributed by atoms with van der Waals surface area (Å²) in [5, 5.41) is 9.08. The van der Waals surface area contributed by atoms with E-state index in [0.29, 0.717) is 0 Å². The molecule has 0 fully saturated rings. The SMILES string of the molecule is CC(C=O)(CO)CCCC1=CCCCC1. The van der Waals surface area contributed by atoms with Gasteiger partial charge in [0.15, 0.2) is 0 Å². The number of aldehydes is 1. The highest BCUT2D eigenvalue weighted by Gasteiger charge is 2.21. The average Bonchev–Trinajstić information content (AvgIpc) is 2.30. The molecule has 86 valence electrons. The number of aliphatic hydroxyl groups excluding tert-OH is 1. The maximum Gasteiger partial charge on any atom is 0.128 e. The standard InChI is InChI=1S/C13H22O2/c1-13(10-14,11-15)9-5-8-12-6-3-2-4-7-12/h6,10,15H,2-5,7-9,11H2,1H3. The summed E-state index contributed by atoms with van der Waals surface area (Å²) >= 11 is 0. The quantitative estimate of drug-likeness (QED) is 0.540. The van der Waals surface area contributed by atoms with Gasteiger partial charge in [-0.2, -0.15) is 0 Å². The highest BCUT2D eigenvalue weighted by Crippen LogP contribution is 2.26. The van der Waals surface area contributed by atoms with Crippen LogP contribution < -0.4 is 0 Å². The van der Waals surface area contributed by atoms with E-state index < -0.39 is 5.41 Å². The van der Waals surface area contributed by atoms with Crippen molar-refractivity contribution in [3.63, 3.8) is 0 Å². The fourth-order valence-corrected chi connectivity index (χ4v) is 2.03. The summed E-state index contributed by atoms with van der Waals surface area (Å²) < 4.78 is 0. The Bertz CT molecular complexity index is 233. The van der Waals surface area contributed by atoms with Gasteiger partial charge in [0.2, 0.25) is 0 Å². The van der Waals surface area contributed by atoms with Crippen molar-refractivity contribution in [2.24, 2.45) is 5.41 Å². The highest BCUT2D eigenvalue weighted by atomic mass is 16.3. The van der Waals surface area contributed by atoms with E-state index in [4.69, 9.17) is 5.11 Å². The average molecular weight is 210 g/mol. The lowest BCUT2D eigenvalue weighted by Crippen LogP contribution is -2.22. The van der Waals surface area contributed by atoms with Crippen LogP contribution in [0.2, 0.25) is 0 Å². The molecule has 1 rings (SSSR count).